The lowest BCUT2D eigenvalue weighted by atomic mass is 10.0. The van der Waals surface area contributed by atoms with Gasteiger partial charge in [0.1, 0.15) is 10.1 Å². The summed E-state index contributed by atoms with van der Waals surface area (Å²) >= 11 is 6.76. The number of carbonyl (C=O) groups excluding carboxylic acids is 1. The number of thiocarbonyl (C=S) groups is 1. The predicted octanol–water partition coefficient (Wildman–Crippen LogP) is 5.38. The first kappa shape index (κ1) is 23.8. The summed E-state index contributed by atoms with van der Waals surface area (Å²) in [4.78, 5) is 26.3. The van der Waals surface area contributed by atoms with Crippen LogP contribution in [0, 0.1) is 0 Å². The van der Waals surface area contributed by atoms with Gasteiger partial charge in [-0.05, 0) is 65.6 Å². The standard InChI is InChI=1S/C27H21N3O4S2/c1-34-23-9-4-17(12-21(23)19-7-8-22-20(14-19)15-28-29-22)13-24-25(31)30(27(35)36-24)11-10-16-2-5-18(6-3-16)26(32)33/h2-9,12-15H,10-11H2,1H3,(H,28,29)(H,32,33). The van der Waals surface area contributed by atoms with Crippen LogP contribution in [-0.4, -0.2) is 50.1 Å². The number of fused-ring (bicyclic) bond motifs is 1. The Labute approximate surface area is 216 Å². The molecule has 1 aromatic heterocycles. The molecule has 5 rings (SSSR count). The number of rotatable bonds is 7. The molecule has 0 spiro atoms. The average molecular weight is 516 g/mol. The number of aromatic nitrogens is 2. The highest BCUT2D eigenvalue weighted by atomic mass is 32.2. The number of carboxylic acid groups (broad SMARTS) is 1. The highest BCUT2D eigenvalue weighted by molar-refractivity contribution is 8.26. The maximum atomic E-state index is 13.1. The van der Waals surface area contributed by atoms with Crippen LogP contribution < -0.4 is 4.74 Å². The SMILES string of the molecule is COc1ccc(C=C2SC(=S)N(CCc3ccc(C(=O)O)cc3)C2=O)cc1-c1ccc2[nH]ncc2c1. The third-order valence-corrected chi connectivity index (χ3v) is 7.35. The van der Waals surface area contributed by atoms with Gasteiger partial charge in [0.15, 0.2) is 0 Å². The third kappa shape index (κ3) is 4.75. The molecule has 0 bridgehead atoms. The van der Waals surface area contributed by atoms with E-state index in [9.17, 15) is 9.59 Å². The van der Waals surface area contributed by atoms with Crippen LogP contribution in [0.4, 0.5) is 0 Å². The molecule has 36 heavy (non-hydrogen) atoms. The fraction of sp³-hybridized carbons (Fsp3) is 0.111. The van der Waals surface area contributed by atoms with Crippen molar-refractivity contribution in [3.63, 3.8) is 0 Å². The number of ether oxygens (including phenoxy) is 1. The largest absolute Gasteiger partial charge is 0.496 e. The highest BCUT2D eigenvalue weighted by Gasteiger charge is 2.31. The van der Waals surface area contributed by atoms with Gasteiger partial charge in [-0.1, -0.05) is 48.2 Å². The van der Waals surface area contributed by atoms with Crippen molar-refractivity contribution in [1.82, 2.24) is 15.1 Å². The number of aromatic carboxylic acids is 1. The van der Waals surface area contributed by atoms with Crippen LogP contribution in [0.3, 0.4) is 0 Å². The summed E-state index contributed by atoms with van der Waals surface area (Å²) < 4.78 is 6.10. The lowest BCUT2D eigenvalue weighted by Gasteiger charge is -2.14. The number of carboxylic acids is 1. The zero-order valence-electron chi connectivity index (χ0n) is 19.2. The van der Waals surface area contributed by atoms with Gasteiger partial charge in [-0.25, -0.2) is 4.79 Å². The number of hydrogen-bond acceptors (Lipinski definition) is 6. The minimum absolute atomic E-state index is 0.135. The van der Waals surface area contributed by atoms with Crippen LogP contribution in [0.25, 0.3) is 28.1 Å². The Kier molecular flexibility index (Phi) is 6.58. The Bertz CT molecular complexity index is 1530. The van der Waals surface area contributed by atoms with Gasteiger partial charge in [0.2, 0.25) is 0 Å². The summed E-state index contributed by atoms with van der Waals surface area (Å²) in [5.41, 5.74) is 4.88. The summed E-state index contributed by atoms with van der Waals surface area (Å²) in [6, 6.07) is 18.5. The second-order valence-electron chi connectivity index (χ2n) is 8.22. The molecule has 0 atom stereocenters. The first-order valence-corrected chi connectivity index (χ1v) is 12.3. The highest BCUT2D eigenvalue weighted by Crippen LogP contribution is 2.36. The van der Waals surface area contributed by atoms with E-state index in [4.69, 9.17) is 22.1 Å². The Morgan fingerprint density at radius 1 is 1.17 bits per heavy atom. The van der Waals surface area contributed by atoms with E-state index in [-0.39, 0.29) is 11.5 Å². The smallest absolute Gasteiger partial charge is 0.335 e. The Balaban J connectivity index is 1.36. The quantitative estimate of drug-likeness (QED) is 0.252. The zero-order valence-corrected chi connectivity index (χ0v) is 20.9. The van der Waals surface area contributed by atoms with E-state index in [0.717, 1.165) is 38.9 Å². The number of nitrogens with zero attached hydrogens (tertiary/aromatic N) is 2. The molecule has 1 fully saturated rings. The van der Waals surface area contributed by atoms with Crippen LogP contribution >= 0.6 is 24.0 Å². The molecule has 0 unspecified atom stereocenters. The topological polar surface area (TPSA) is 95.5 Å². The molecular weight excluding hydrogens is 494 g/mol. The van der Waals surface area contributed by atoms with Crippen LogP contribution in [0.1, 0.15) is 21.5 Å². The maximum Gasteiger partial charge on any atom is 0.335 e. The minimum Gasteiger partial charge on any atom is -0.496 e. The molecule has 2 N–H and O–H groups in total. The Morgan fingerprint density at radius 3 is 2.72 bits per heavy atom. The van der Waals surface area contributed by atoms with E-state index in [1.807, 2.05) is 42.5 Å². The molecule has 7 nitrogen and oxygen atoms in total. The van der Waals surface area contributed by atoms with Gasteiger partial charge in [0, 0.05) is 17.5 Å². The summed E-state index contributed by atoms with van der Waals surface area (Å²) in [7, 11) is 1.63. The lowest BCUT2D eigenvalue weighted by Crippen LogP contribution is -2.30. The second-order valence-corrected chi connectivity index (χ2v) is 9.89. The first-order chi connectivity index (χ1) is 17.4. The van der Waals surface area contributed by atoms with Gasteiger partial charge in [-0.3, -0.25) is 14.8 Å². The number of H-pyrrole nitrogens is 1. The summed E-state index contributed by atoms with van der Waals surface area (Å²) in [6.07, 6.45) is 4.20. The first-order valence-electron chi connectivity index (χ1n) is 11.1. The molecule has 0 aliphatic carbocycles. The Morgan fingerprint density at radius 2 is 1.97 bits per heavy atom. The fourth-order valence-electron chi connectivity index (χ4n) is 4.05. The number of thioether (sulfide) groups is 1. The number of amides is 1. The molecule has 1 aliphatic heterocycles. The number of carbonyl (C=O) groups is 2. The fourth-order valence-corrected chi connectivity index (χ4v) is 5.36. The van der Waals surface area contributed by atoms with Crippen molar-refractivity contribution in [1.29, 1.82) is 0 Å². The molecular formula is C27H21N3O4S2. The molecule has 2 heterocycles. The van der Waals surface area contributed by atoms with E-state index >= 15 is 0 Å². The van der Waals surface area contributed by atoms with Crippen molar-refractivity contribution in [2.45, 2.75) is 6.42 Å². The number of nitrogens with one attached hydrogen (secondary N) is 1. The van der Waals surface area contributed by atoms with Gasteiger partial charge in [0.25, 0.3) is 5.91 Å². The average Bonchev–Trinajstić information content (AvgIpc) is 3.46. The number of methoxy groups -OCH3 is 1. The minimum atomic E-state index is -0.965. The van der Waals surface area contributed by atoms with E-state index in [1.54, 1.807) is 42.5 Å². The number of aromatic amines is 1. The normalized spacial score (nSPS) is 14.7. The van der Waals surface area contributed by atoms with Crippen molar-refractivity contribution in [3.8, 4) is 16.9 Å². The molecule has 1 saturated heterocycles. The van der Waals surface area contributed by atoms with Crippen molar-refractivity contribution < 1.29 is 19.4 Å². The molecule has 0 radical (unpaired) electrons. The molecule has 1 aliphatic rings. The van der Waals surface area contributed by atoms with Crippen LogP contribution in [0.15, 0.2) is 71.8 Å². The van der Waals surface area contributed by atoms with E-state index in [2.05, 4.69) is 10.2 Å². The zero-order chi connectivity index (χ0) is 25.2. The summed E-state index contributed by atoms with van der Waals surface area (Å²) in [6.45, 7) is 0.424. The number of benzene rings is 3. The van der Waals surface area contributed by atoms with E-state index < -0.39 is 5.97 Å². The van der Waals surface area contributed by atoms with Gasteiger partial charge < -0.3 is 9.84 Å². The summed E-state index contributed by atoms with van der Waals surface area (Å²) in [5, 5.41) is 17.1. The number of hydrogen-bond donors (Lipinski definition) is 2. The lowest BCUT2D eigenvalue weighted by molar-refractivity contribution is -0.122. The van der Waals surface area contributed by atoms with Gasteiger partial charge in [-0.2, -0.15) is 5.10 Å². The molecule has 3 aromatic carbocycles. The van der Waals surface area contributed by atoms with Crippen LogP contribution in [0.5, 0.6) is 5.75 Å². The molecule has 4 aromatic rings. The molecule has 1 amide bonds. The summed E-state index contributed by atoms with van der Waals surface area (Å²) in [5.74, 6) is -0.367. The van der Waals surface area contributed by atoms with Gasteiger partial charge >= 0.3 is 5.97 Å². The van der Waals surface area contributed by atoms with Crippen LogP contribution in [0.2, 0.25) is 0 Å². The van der Waals surface area contributed by atoms with Crippen molar-refractivity contribution >= 4 is 57.2 Å². The van der Waals surface area contributed by atoms with Crippen molar-refractivity contribution in [3.05, 3.63) is 88.5 Å². The predicted molar refractivity (Wildman–Crippen MR) is 145 cm³/mol. The molecule has 0 saturated carbocycles. The molecule has 180 valence electrons. The van der Waals surface area contributed by atoms with Gasteiger partial charge in [-0.15, -0.1) is 0 Å². The monoisotopic (exact) mass is 515 g/mol. The van der Waals surface area contributed by atoms with Gasteiger partial charge in [0.05, 0.1) is 29.3 Å². The van der Waals surface area contributed by atoms with Crippen molar-refractivity contribution in [2.24, 2.45) is 0 Å². The maximum absolute atomic E-state index is 13.1. The van der Waals surface area contributed by atoms with Crippen molar-refractivity contribution in [2.75, 3.05) is 13.7 Å². The third-order valence-electron chi connectivity index (χ3n) is 5.97. The second kappa shape index (κ2) is 9.96. The molecule has 9 heteroatoms. The Hall–Kier alpha value is -3.95. The van der Waals surface area contributed by atoms with E-state index in [0.29, 0.717) is 22.2 Å². The van der Waals surface area contributed by atoms with Crippen LogP contribution in [-0.2, 0) is 11.2 Å². The van der Waals surface area contributed by atoms with E-state index in [1.165, 1.54) is 11.8 Å².